The predicted molar refractivity (Wildman–Crippen MR) is 77.1 cm³/mol. The highest BCUT2D eigenvalue weighted by molar-refractivity contribution is 6.32. The van der Waals surface area contributed by atoms with E-state index in [1.807, 2.05) is 19.2 Å². The maximum absolute atomic E-state index is 12.0. The number of rotatable bonds is 5. The Labute approximate surface area is 123 Å². The first-order valence-electron chi connectivity index (χ1n) is 6.62. The summed E-state index contributed by atoms with van der Waals surface area (Å²) in [7, 11) is 1.85. The van der Waals surface area contributed by atoms with Gasteiger partial charge < -0.3 is 19.7 Å². The summed E-state index contributed by atoms with van der Waals surface area (Å²) in [4.78, 5) is 13.8. The number of para-hydroxylation sites is 1. The van der Waals surface area contributed by atoms with E-state index < -0.39 is 0 Å². The molecule has 0 aromatic heterocycles. The molecule has 1 N–H and O–H groups in total. The molecular weight excluding hydrogens is 280 g/mol. The van der Waals surface area contributed by atoms with Crippen LogP contribution in [-0.4, -0.2) is 50.8 Å². The standard InChI is InChI=1S/C14H19ClN2O3/c1-16-9-11-3-2-4-12(15)14(11)20-10-13(18)17-5-7-19-8-6-17/h2-4,16H,5-10H2,1H3. The molecule has 5 nitrogen and oxygen atoms in total. The Kier molecular flexibility index (Phi) is 5.64. The van der Waals surface area contributed by atoms with E-state index in [2.05, 4.69) is 5.32 Å². The molecule has 0 spiro atoms. The smallest absolute Gasteiger partial charge is 0.260 e. The molecule has 1 amide bonds. The van der Waals surface area contributed by atoms with Crippen molar-refractivity contribution < 1.29 is 14.3 Å². The van der Waals surface area contributed by atoms with Crippen LogP contribution in [0.5, 0.6) is 5.75 Å². The highest BCUT2D eigenvalue weighted by atomic mass is 35.5. The van der Waals surface area contributed by atoms with Crippen LogP contribution in [0.3, 0.4) is 0 Å². The van der Waals surface area contributed by atoms with Crippen molar-refractivity contribution in [3.8, 4) is 5.75 Å². The number of morpholine rings is 1. The lowest BCUT2D eigenvalue weighted by molar-refractivity contribution is -0.137. The number of halogens is 1. The summed E-state index contributed by atoms with van der Waals surface area (Å²) in [6.45, 7) is 3.05. The second-order valence-electron chi connectivity index (χ2n) is 4.54. The molecule has 0 unspecified atom stereocenters. The van der Waals surface area contributed by atoms with Crippen molar-refractivity contribution in [2.75, 3.05) is 40.0 Å². The number of amides is 1. The first-order valence-corrected chi connectivity index (χ1v) is 7.00. The Morgan fingerprint density at radius 3 is 2.90 bits per heavy atom. The van der Waals surface area contributed by atoms with Gasteiger partial charge in [0, 0.05) is 25.2 Å². The number of nitrogens with one attached hydrogen (secondary N) is 1. The fourth-order valence-electron chi connectivity index (χ4n) is 2.08. The van der Waals surface area contributed by atoms with E-state index >= 15 is 0 Å². The van der Waals surface area contributed by atoms with E-state index in [9.17, 15) is 4.79 Å². The lowest BCUT2D eigenvalue weighted by Crippen LogP contribution is -2.43. The first kappa shape index (κ1) is 15.1. The Morgan fingerprint density at radius 1 is 1.45 bits per heavy atom. The van der Waals surface area contributed by atoms with Crippen LogP contribution in [-0.2, 0) is 16.1 Å². The monoisotopic (exact) mass is 298 g/mol. The summed E-state index contributed by atoms with van der Waals surface area (Å²) >= 11 is 6.14. The number of ether oxygens (including phenoxy) is 2. The summed E-state index contributed by atoms with van der Waals surface area (Å²) in [5, 5.41) is 3.57. The molecule has 6 heteroatoms. The van der Waals surface area contributed by atoms with E-state index in [-0.39, 0.29) is 12.5 Å². The SMILES string of the molecule is CNCc1cccc(Cl)c1OCC(=O)N1CCOCC1. The van der Waals surface area contributed by atoms with E-state index in [1.165, 1.54) is 0 Å². The van der Waals surface area contributed by atoms with E-state index in [1.54, 1.807) is 11.0 Å². The van der Waals surface area contributed by atoms with Crippen molar-refractivity contribution in [2.45, 2.75) is 6.54 Å². The Hall–Kier alpha value is -1.30. The van der Waals surface area contributed by atoms with E-state index in [0.717, 1.165) is 5.56 Å². The quantitative estimate of drug-likeness (QED) is 0.890. The normalized spacial score (nSPS) is 15.2. The van der Waals surface area contributed by atoms with Gasteiger partial charge in [-0.1, -0.05) is 23.7 Å². The van der Waals surface area contributed by atoms with Crippen molar-refractivity contribution in [1.82, 2.24) is 10.2 Å². The van der Waals surface area contributed by atoms with Crippen LogP contribution in [0.2, 0.25) is 5.02 Å². The summed E-state index contributed by atoms with van der Waals surface area (Å²) < 4.78 is 10.9. The summed E-state index contributed by atoms with van der Waals surface area (Å²) in [6, 6.07) is 5.55. The molecule has 1 aliphatic rings. The van der Waals surface area contributed by atoms with Crippen LogP contribution in [0.4, 0.5) is 0 Å². The van der Waals surface area contributed by atoms with E-state index in [4.69, 9.17) is 21.1 Å². The van der Waals surface area contributed by atoms with Crippen LogP contribution in [0, 0.1) is 0 Å². The van der Waals surface area contributed by atoms with Gasteiger partial charge in [0.25, 0.3) is 5.91 Å². The second-order valence-corrected chi connectivity index (χ2v) is 4.95. The zero-order valence-electron chi connectivity index (χ0n) is 11.5. The first-order chi connectivity index (χ1) is 9.72. The minimum absolute atomic E-state index is 0.000444. The van der Waals surface area contributed by atoms with Crippen LogP contribution in [0.25, 0.3) is 0 Å². The summed E-state index contributed by atoms with van der Waals surface area (Å²) in [5.74, 6) is 0.536. The number of benzene rings is 1. The highest BCUT2D eigenvalue weighted by Gasteiger charge is 2.18. The molecule has 110 valence electrons. The van der Waals surface area contributed by atoms with Crippen LogP contribution in [0.15, 0.2) is 18.2 Å². The molecule has 0 atom stereocenters. The summed E-state index contributed by atoms with van der Waals surface area (Å²) in [6.07, 6.45) is 0. The maximum Gasteiger partial charge on any atom is 0.260 e. The molecule has 1 aromatic rings. The third-order valence-corrected chi connectivity index (χ3v) is 3.42. The number of carbonyl (C=O) groups excluding carboxylic acids is 1. The third kappa shape index (κ3) is 3.85. The van der Waals surface area contributed by atoms with Gasteiger partial charge in [0.05, 0.1) is 18.2 Å². The van der Waals surface area contributed by atoms with Crippen LogP contribution in [0.1, 0.15) is 5.56 Å². The van der Waals surface area contributed by atoms with Crippen molar-refractivity contribution in [3.05, 3.63) is 28.8 Å². The van der Waals surface area contributed by atoms with Crippen molar-refractivity contribution in [1.29, 1.82) is 0 Å². The Balaban J connectivity index is 1.97. The zero-order chi connectivity index (χ0) is 14.4. The average Bonchev–Trinajstić information content (AvgIpc) is 2.47. The molecule has 1 aliphatic heterocycles. The fourth-order valence-corrected chi connectivity index (χ4v) is 2.33. The Morgan fingerprint density at radius 2 is 2.20 bits per heavy atom. The van der Waals surface area contributed by atoms with Crippen molar-refractivity contribution in [2.24, 2.45) is 0 Å². The molecule has 2 rings (SSSR count). The van der Waals surface area contributed by atoms with Gasteiger partial charge >= 0.3 is 0 Å². The molecule has 1 fully saturated rings. The van der Waals surface area contributed by atoms with E-state index in [0.29, 0.717) is 43.6 Å². The van der Waals surface area contributed by atoms with Gasteiger partial charge in [-0.3, -0.25) is 4.79 Å². The number of hydrogen-bond donors (Lipinski definition) is 1. The van der Waals surface area contributed by atoms with Crippen molar-refractivity contribution in [3.63, 3.8) is 0 Å². The van der Waals surface area contributed by atoms with Crippen LogP contribution >= 0.6 is 11.6 Å². The number of nitrogens with zero attached hydrogens (tertiary/aromatic N) is 1. The summed E-state index contributed by atoms with van der Waals surface area (Å²) in [5.41, 5.74) is 0.940. The lowest BCUT2D eigenvalue weighted by Gasteiger charge is -2.27. The molecular formula is C14H19ClN2O3. The third-order valence-electron chi connectivity index (χ3n) is 3.12. The second kappa shape index (κ2) is 7.47. The van der Waals surface area contributed by atoms with Gasteiger partial charge in [-0.15, -0.1) is 0 Å². The Bertz CT molecular complexity index is 462. The largest absolute Gasteiger partial charge is 0.482 e. The molecule has 0 radical (unpaired) electrons. The maximum atomic E-state index is 12.0. The molecule has 0 bridgehead atoms. The molecule has 1 saturated heterocycles. The number of carbonyl (C=O) groups is 1. The van der Waals surface area contributed by atoms with Gasteiger partial charge in [-0.2, -0.15) is 0 Å². The lowest BCUT2D eigenvalue weighted by atomic mass is 10.2. The van der Waals surface area contributed by atoms with Crippen LogP contribution < -0.4 is 10.1 Å². The zero-order valence-corrected chi connectivity index (χ0v) is 12.3. The molecule has 0 saturated carbocycles. The predicted octanol–water partition coefficient (Wildman–Crippen LogP) is 1.30. The van der Waals surface area contributed by atoms with Gasteiger partial charge in [-0.25, -0.2) is 0 Å². The minimum Gasteiger partial charge on any atom is -0.482 e. The van der Waals surface area contributed by atoms with Gasteiger partial charge in [0.15, 0.2) is 6.61 Å². The number of hydrogen-bond acceptors (Lipinski definition) is 4. The molecule has 0 aliphatic carbocycles. The molecule has 1 heterocycles. The fraction of sp³-hybridized carbons (Fsp3) is 0.500. The highest BCUT2D eigenvalue weighted by Crippen LogP contribution is 2.28. The topological polar surface area (TPSA) is 50.8 Å². The van der Waals surface area contributed by atoms with Gasteiger partial charge in [0.2, 0.25) is 0 Å². The van der Waals surface area contributed by atoms with Crippen molar-refractivity contribution >= 4 is 17.5 Å². The average molecular weight is 299 g/mol. The minimum atomic E-state index is -0.0383. The van der Waals surface area contributed by atoms with Gasteiger partial charge in [-0.05, 0) is 13.1 Å². The van der Waals surface area contributed by atoms with Gasteiger partial charge in [0.1, 0.15) is 5.75 Å². The molecule has 1 aromatic carbocycles. The molecule has 20 heavy (non-hydrogen) atoms.